The molecule has 0 fully saturated rings. The molecule has 3 rings (SSSR count). The van der Waals surface area contributed by atoms with E-state index in [4.69, 9.17) is 0 Å². The van der Waals surface area contributed by atoms with Gasteiger partial charge in [-0.25, -0.2) is 0 Å². The molecule has 1 aliphatic rings. The van der Waals surface area contributed by atoms with Gasteiger partial charge in [0, 0.05) is 52.3 Å². The van der Waals surface area contributed by atoms with Crippen molar-refractivity contribution < 1.29 is 55.4 Å². The van der Waals surface area contributed by atoms with Crippen molar-refractivity contribution in [2.24, 2.45) is 0 Å². The van der Waals surface area contributed by atoms with E-state index < -0.39 is 17.3 Å². The number of carbonyl (C=O) groups is 2. The second kappa shape index (κ2) is 4.92. The van der Waals surface area contributed by atoms with E-state index in [0.717, 1.165) is 0 Å². The topological polar surface area (TPSA) is 74.6 Å². The number of benzene rings is 2. The maximum absolute atomic E-state index is 12.2. The Hall–Kier alpha value is -1.43. The van der Waals surface area contributed by atoms with Gasteiger partial charge in [0.15, 0.2) is 23.1 Å². The van der Waals surface area contributed by atoms with Crippen LogP contribution in [0.15, 0.2) is 36.4 Å². The van der Waals surface area contributed by atoms with E-state index in [1.165, 1.54) is 18.2 Å². The van der Waals surface area contributed by atoms with E-state index in [1.54, 1.807) is 18.2 Å². The Morgan fingerprint density at radius 2 is 1.32 bits per heavy atom. The number of rotatable bonds is 0. The molecule has 1 aliphatic carbocycles. The number of aromatic hydroxyl groups is 2. The fourth-order valence-electron chi connectivity index (χ4n) is 2.16. The van der Waals surface area contributed by atoms with E-state index >= 15 is 0 Å². The number of phenolic OH excluding ortho intramolecular Hbond substituents is 2. The van der Waals surface area contributed by atoms with Crippen LogP contribution in [0.1, 0.15) is 31.8 Å². The first-order valence-corrected chi connectivity index (χ1v) is 5.34. The van der Waals surface area contributed by atoms with Crippen molar-refractivity contribution in [1.82, 2.24) is 0 Å². The third-order valence-corrected chi connectivity index (χ3v) is 3.04. The Morgan fingerprint density at radius 3 is 1.95 bits per heavy atom. The zero-order chi connectivity index (χ0) is 12.9. The predicted octanol–water partition coefficient (Wildman–Crippen LogP) is 1.87. The van der Waals surface area contributed by atoms with Crippen molar-refractivity contribution in [1.29, 1.82) is 0 Å². The summed E-state index contributed by atoms with van der Waals surface area (Å²) in [6, 6.07) is 8.97. The van der Waals surface area contributed by atoms with Crippen LogP contribution in [0.2, 0.25) is 0 Å². The average molecular weight is 379 g/mol. The van der Waals surface area contributed by atoms with Gasteiger partial charge in [-0.05, 0) is 12.1 Å². The summed E-state index contributed by atoms with van der Waals surface area (Å²) in [5.41, 5.74) is 0.559. The van der Waals surface area contributed by atoms with Gasteiger partial charge in [-0.15, -0.1) is 0 Å². The Labute approximate surface area is 136 Å². The van der Waals surface area contributed by atoms with Gasteiger partial charge in [0.1, 0.15) is 0 Å². The summed E-state index contributed by atoms with van der Waals surface area (Å²) in [5.74, 6) is -1.72. The van der Waals surface area contributed by atoms with Crippen LogP contribution in [0.25, 0.3) is 0 Å². The van der Waals surface area contributed by atoms with Gasteiger partial charge in [0.05, 0.1) is 5.56 Å². The molecule has 91 valence electrons. The molecule has 1 radical (unpaired) electrons. The minimum atomic E-state index is -0.541. The van der Waals surface area contributed by atoms with Crippen LogP contribution in [0, 0.1) is 35.6 Å². The molecule has 5 heteroatoms. The average Bonchev–Trinajstić information content (AvgIpc) is 2.39. The van der Waals surface area contributed by atoms with E-state index in [2.05, 4.69) is 0 Å². The first-order valence-electron chi connectivity index (χ1n) is 5.34. The summed E-state index contributed by atoms with van der Waals surface area (Å²) < 4.78 is 0. The van der Waals surface area contributed by atoms with Crippen LogP contribution < -0.4 is 0 Å². The Bertz CT molecular complexity index is 707. The molecule has 2 N–H and O–H groups in total. The fraction of sp³-hybridized carbons (Fsp3) is 0. The minimum absolute atomic E-state index is 0. The molecular weight excluding hydrogens is 371 g/mol. The van der Waals surface area contributed by atoms with Gasteiger partial charge in [0.2, 0.25) is 0 Å². The predicted molar refractivity (Wildman–Crippen MR) is 63.1 cm³/mol. The van der Waals surface area contributed by atoms with Crippen molar-refractivity contribution in [3.63, 3.8) is 0 Å². The largest absolute Gasteiger partial charge is 0.504 e. The molecule has 0 aromatic heterocycles. The Kier molecular flexibility index (Phi) is 3.63. The van der Waals surface area contributed by atoms with Crippen LogP contribution in [0.4, 0.5) is 0 Å². The molecule has 2 aromatic carbocycles. The van der Waals surface area contributed by atoms with Gasteiger partial charge in [-0.2, -0.15) is 0 Å². The molecule has 0 unspecified atom stereocenters. The number of phenols is 2. The number of ketones is 2. The fourth-order valence-corrected chi connectivity index (χ4v) is 2.16. The third kappa shape index (κ3) is 1.94. The molecule has 0 spiro atoms. The molecule has 0 aliphatic heterocycles. The van der Waals surface area contributed by atoms with E-state index in [-0.39, 0.29) is 58.1 Å². The quantitative estimate of drug-likeness (QED) is 0.585. The molecule has 19 heavy (non-hydrogen) atoms. The summed E-state index contributed by atoms with van der Waals surface area (Å²) in [6.45, 7) is 0. The van der Waals surface area contributed by atoms with Gasteiger partial charge >= 0.3 is 0 Å². The summed E-state index contributed by atoms with van der Waals surface area (Å²) in [5, 5.41) is 19.1. The van der Waals surface area contributed by atoms with Crippen molar-refractivity contribution in [2.75, 3.05) is 0 Å². The smallest absolute Gasteiger partial charge is 0.198 e. The molecule has 0 atom stereocenters. The van der Waals surface area contributed by atoms with Gasteiger partial charge in [-0.3, -0.25) is 9.59 Å². The van der Waals surface area contributed by atoms with Crippen LogP contribution in [0.3, 0.4) is 0 Å². The normalized spacial score (nSPS) is 12.4. The van der Waals surface area contributed by atoms with Crippen molar-refractivity contribution in [2.45, 2.75) is 0 Å². The maximum Gasteiger partial charge on any atom is 0.198 e. The number of fused-ring (bicyclic) bond motifs is 2. The summed E-state index contributed by atoms with van der Waals surface area (Å²) >= 11 is 0. The van der Waals surface area contributed by atoms with Gasteiger partial charge in [-0.1, -0.05) is 24.3 Å². The van der Waals surface area contributed by atoms with Crippen molar-refractivity contribution in [3.8, 4) is 11.5 Å². The number of carbonyl (C=O) groups excluding carboxylic acids is 2. The van der Waals surface area contributed by atoms with Crippen LogP contribution >= 0.6 is 0 Å². The van der Waals surface area contributed by atoms with E-state index in [0.29, 0.717) is 5.56 Å². The summed E-state index contributed by atoms with van der Waals surface area (Å²) in [7, 11) is 0. The zero-order valence-corrected chi connectivity index (χ0v) is 13.4. The van der Waals surface area contributed by atoms with Crippen LogP contribution in [-0.2, 0) is 0 Å². The first-order chi connectivity index (χ1) is 8.61. The second-order valence-corrected chi connectivity index (χ2v) is 4.06. The standard InChI is InChI=1S/C14H8O4.La/c15-10-6-5-9-11(14(10)18)13(17)8-4-2-1-3-7(8)12(9)16;/h1-6,15,18H;. The van der Waals surface area contributed by atoms with Crippen LogP contribution in [-0.4, -0.2) is 21.8 Å². The maximum atomic E-state index is 12.2. The summed E-state index contributed by atoms with van der Waals surface area (Å²) in [4.78, 5) is 24.4. The van der Waals surface area contributed by atoms with Gasteiger partial charge in [0.25, 0.3) is 0 Å². The number of hydrogen-bond acceptors (Lipinski definition) is 4. The monoisotopic (exact) mass is 379 g/mol. The van der Waals surface area contributed by atoms with E-state index in [9.17, 15) is 19.8 Å². The Balaban J connectivity index is 0.00000133. The summed E-state index contributed by atoms with van der Waals surface area (Å²) in [6.07, 6.45) is 0. The first kappa shape index (κ1) is 14.0. The third-order valence-electron chi connectivity index (χ3n) is 3.04. The second-order valence-electron chi connectivity index (χ2n) is 4.06. The molecule has 0 saturated carbocycles. The SMILES string of the molecule is O=C1c2ccccc2C(=O)c2c1ccc(O)c2O.[La]. The van der Waals surface area contributed by atoms with Crippen molar-refractivity contribution in [3.05, 3.63) is 58.7 Å². The molecule has 4 nitrogen and oxygen atoms in total. The zero-order valence-electron chi connectivity index (χ0n) is 9.75. The molecule has 0 heterocycles. The minimum Gasteiger partial charge on any atom is -0.504 e. The molecule has 2 aromatic rings. The molecular formula is C14H8LaO4. The molecule has 0 saturated heterocycles. The molecule has 0 amide bonds. The van der Waals surface area contributed by atoms with Crippen molar-refractivity contribution >= 4 is 11.6 Å². The molecule has 0 bridgehead atoms. The van der Waals surface area contributed by atoms with Crippen LogP contribution in [0.5, 0.6) is 11.5 Å². The van der Waals surface area contributed by atoms with Gasteiger partial charge < -0.3 is 10.2 Å². The Morgan fingerprint density at radius 1 is 0.737 bits per heavy atom. The van der Waals surface area contributed by atoms with E-state index in [1.807, 2.05) is 0 Å². The number of hydrogen-bond donors (Lipinski definition) is 2.